The van der Waals surface area contributed by atoms with Crippen LogP contribution in [0.1, 0.15) is 11.1 Å². The summed E-state index contributed by atoms with van der Waals surface area (Å²) in [5.74, 6) is 1.66. The van der Waals surface area contributed by atoms with Crippen molar-refractivity contribution >= 4 is 5.96 Å². The molecule has 0 atom stereocenters. The highest BCUT2D eigenvalue weighted by molar-refractivity contribution is 5.79. The molecule has 0 heterocycles. The number of rotatable bonds is 7. The van der Waals surface area contributed by atoms with E-state index in [1.165, 1.54) is 11.1 Å². The van der Waals surface area contributed by atoms with Gasteiger partial charge in [0.05, 0.1) is 13.2 Å². The van der Waals surface area contributed by atoms with Crippen LogP contribution in [0.5, 0.6) is 5.75 Å². The molecule has 0 aromatic heterocycles. The van der Waals surface area contributed by atoms with Crippen LogP contribution in [0.15, 0.2) is 23.2 Å². The fraction of sp³-hybridized carbons (Fsp3) is 0.533. The van der Waals surface area contributed by atoms with Crippen LogP contribution in [0.25, 0.3) is 0 Å². The predicted octanol–water partition coefficient (Wildman–Crippen LogP) is 1.49. The summed E-state index contributed by atoms with van der Waals surface area (Å²) in [5.41, 5.74) is 2.43. The lowest BCUT2D eigenvalue weighted by Gasteiger charge is -2.12. The lowest BCUT2D eigenvalue weighted by molar-refractivity contribution is 0.203. The molecule has 0 fully saturated rings. The lowest BCUT2D eigenvalue weighted by Crippen LogP contribution is -2.40. The van der Waals surface area contributed by atoms with Crippen molar-refractivity contribution in [3.63, 3.8) is 0 Å². The van der Waals surface area contributed by atoms with Crippen LogP contribution in [0.4, 0.5) is 0 Å². The number of guanidine groups is 1. The zero-order valence-electron chi connectivity index (χ0n) is 12.8. The Balaban J connectivity index is 2.26. The molecule has 0 aliphatic heterocycles. The van der Waals surface area contributed by atoms with Crippen LogP contribution in [0.3, 0.4) is 0 Å². The third kappa shape index (κ3) is 6.43. The highest BCUT2D eigenvalue weighted by atomic mass is 16.5. The van der Waals surface area contributed by atoms with Gasteiger partial charge in [-0.3, -0.25) is 4.99 Å². The van der Waals surface area contributed by atoms with Crippen molar-refractivity contribution in [2.45, 2.75) is 13.8 Å². The highest BCUT2D eigenvalue weighted by Gasteiger charge is 1.98. The van der Waals surface area contributed by atoms with Gasteiger partial charge >= 0.3 is 0 Å². The Kier molecular flexibility index (Phi) is 7.50. The number of hydrogen-bond donors (Lipinski definition) is 2. The minimum absolute atomic E-state index is 0.591. The van der Waals surface area contributed by atoms with Crippen LogP contribution in [0, 0.1) is 13.8 Å². The summed E-state index contributed by atoms with van der Waals surface area (Å²) in [6.45, 7) is 6.81. The maximum atomic E-state index is 5.72. The molecule has 0 saturated carbocycles. The molecule has 112 valence electrons. The molecule has 0 aliphatic rings. The van der Waals surface area contributed by atoms with E-state index in [4.69, 9.17) is 9.47 Å². The van der Waals surface area contributed by atoms with Crippen LogP contribution < -0.4 is 15.4 Å². The van der Waals surface area contributed by atoms with Crippen LogP contribution >= 0.6 is 0 Å². The quantitative estimate of drug-likeness (QED) is 0.451. The lowest BCUT2D eigenvalue weighted by atomic mass is 10.1. The minimum Gasteiger partial charge on any atom is -0.492 e. The first-order chi connectivity index (χ1) is 9.65. The Hall–Kier alpha value is -1.75. The van der Waals surface area contributed by atoms with E-state index in [1.807, 2.05) is 12.1 Å². The van der Waals surface area contributed by atoms with E-state index in [1.54, 1.807) is 14.2 Å². The summed E-state index contributed by atoms with van der Waals surface area (Å²) in [5, 5.41) is 6.33. The van der Waals surface area contributed by atoms with Gasteiger partial charge in [0.15, 0.2) is 5.96 Å². The summed E-state index contributed by atoms with van der Waals surface area (Å²) >= 11 is 0. The van der Waals surface area contributed by atoms with Gasteiger partial charge in [0.2, 0.25) is 0 Å². The van der Waals surface area contributed by atoms with Gasteiger partial charge in [-0.05, 0) is 37.1 Å². The molecule has 0 spiro atoms. The van der Waals surface area contributed by atoms with E-state index in [9.17, 15) is 0 Å². The Morgan fingerprint density at radius 2 is 1.65 bits per heavy atom. The van der Waals surface area contributed by atoms with E-state index >= 15 is 0 Å². The standard InChI is InChI=1S/C15H25N3O2/c1-12-9-13(2)11-14(10-12)20-8-6-18-15(16-3)17-5-7-19-4/h9-11H,5-8H2,1-4H3,(H2,16,17,18). The number of benzene rings is 1. The molecule has 0 amide bonds. The van der Waals surface area contributed by atoms with Crippen LogP contribution in [-0.4, -0.2) is 46.4 Å². The number of nitrogens with one attached hydrogen (secondary N) is 2. The van der Waals surface area contributed by atoms with E-state index in [-0.39, 0.29) is 0 Å². The number of hydrogen-bond acceptors (Lipinski definition) is 3. The summed E-state index contributed by atoms with van der Waals surface area (Å²) in [7, 11) is 3.42. The second-order valence-corrected chi connectivity index (χ2v) is 4.59. The third-order valence-corrected chi connectivity index (χ3v) is 2.68. The summed E-state index contributed by atoms with van der Waals surface area (Å²) < 4.78 is 10.7. The Morgan fingerprint density at radius 1 is 1.05 bits per heavy atom. The van der Waals surface area contributed by atoms with Crippen LogP contribution in [-0.2, 0) is 4.74 Å². The molecule has 1 aromatic rings. The number of nitrogens with zero attached hydrogens (tertiary/aromatic N) is 1. The van der Waals surface area contributed by atoms with Gasteiger partial charge in [-0.25, -0.2) is 0 Å². The minimum atomic E-state index is 0.591. The Labute approximate surface area is 121 Å². The molecule has 0 bridgehead atoms. The summed E-state index contributed by atoms with van der Waals surface area (Å²) in [6.07, 6.45) is 0. The van der Waals surface area contributed by atoms with Gasteiger partial charge in [-0.2, -0.15) is 0 Å². The van der Waals surface area contributed by atoms with Gasteiger partial charge in [0.25, 0.3) is 0 Å². The zero-order chi connectivity index (χ0) is 14.8. The fourth-order valence-electron chi connectivity index (χ4n) is 1.85. The van der Waals surface area contributed by atoms with Gasteiger partial charge in [0, 0.05) is 20.7 Å². The maximum absolute atomic E-state index is 5.72. The average molecular weight is 279 g/mol. The highest BCUT2D eigenvalue weighted by Crippen LogP contribution is 2.15. The average Bonchev–Trinajstić information content (AvgIpc) is 2.40. The topological polar surface area (TPSA) is 54.9 Å². The molecule has 0 unspecified atom stereocenters. The van der Waals surface area contributed by atoms with Gasteiger partial charge in [-0.1, -0.05) is 6.07 Å². The molecular weight excluding hydrogens is 254 g/mol. The Bertz CT molecular complexity index is 413. The maximum Gasteiger partial charge on any atom is 0.191 e. The van der Waals surface area contributed by atoms with Crippen LogP contribution in [0.2, 0.25) is 0 Å². The molecule has 5 heteroatoms. The molecule has 1 rings (SSSR count). The molecule has 1 aromatic carbocycles. The number of methoxy groups -OCH3 is 1. The van der Waals surface area contributed by atoms with E-state index < -0.39 is 0 Å². The van der Waals surface area contributed by atoms with Crippen molar-refractivity contribution in [3.05, 3.63) is 29.3 Å². The Morgan fingerprint density at radius 3 is 2.20 bits per heavy atom. The van der Waals surface area contributed by atoms with E-state index in [2.05, 4.69) is 35.5 Å². The molecule has 20 heavy (non-hydrogen) atoms. The molecule has 0 radical (unpaired) electrons. The molecule has 0 saturated heterocycles. The van der Waals surface area contributed by atoms with Gasteiger partial charge < -0.3 is 20.1 Å². The monoisotopic (exact) mass is 279 g/mol. The first kappa shape index (κ1) is 16.3. The van der Waals surface area contributed by atoms with Crippen molar-refractivity contribution < 1.29 is 9.47 Å². The normalized spacial score (nSPS) is 11.3. The third-order valence-electron chi connectivity index (χ3n) is 2.68. The van der Waals surface area contributed by atoms with Crippen molar-refractivity contribution in [1.82, 2.24) is 10.6 Å². The van der Waals surface area contributed by atoms with Crippen molar-refractivity contribution in [3.8, 4) is 5.75 Å². The van der Waals surface area contributed by atoms with Crippen molar-refractivity contribution in [2.75, 3.05) is 40.5 Å². The molecule has 0 aliphatic carbocycles. The largest absolute Gasteiger partial charge is 0.492 e. The first-order valence-corrected chi connectivity index (χ1v) is 6.80. The second kappa shape index (κ2) is 9.20. The molecular formula is C15H25N3O2. The van der Waals surface area contributed by atoms with Gasteiger partial charge in [0.1, 0.15) is 12.4 Å². The number of aliphatic imine (C=N–C) groups is 1. The second-order valence-electron chi connectivity index (χ2n) is 4.59. The predicted molar refractivity (Wildman–Crippen MR) is 82.7 cm³/mol. The van der Waals surface area contributed by atoms with Gasteiger partial charge in [-0.15, -0.1) is 0 Å². The first-order valence-electron chi connectivity index (χ1n) is 6.80. The van der Waals surface area contributed by atoms with E-state index in [0.29, 0.717) is 19.8 Å². The molecule has 2 N–H and O–H groups in total. The van der Waals surface area contributed by atoms with Crippen molar-refractivity contribution in [2.24, 2.45) is 4.99 Å². The smallest absolute Gasteiger partial charge is 0.191 e. The summed E-state index contributed by atoms with van der Waals surface area (Å²) in [4.78, 5) is 4.12. The SMILES string of the molecule is CN=C(NCCOC)NCCOc1cc(C)cc(C)c1. The summed E-state index contributed by atoms with van der Waals surface area (Å²) in [6, 6.07) is 6.21. The van der Waals surface area contributed by atoms with Crippen molar-refractivity contribution in [1.29, 1.82) is 0 Å². The fourth-order valence-corrected chi connectivity index (χ4v) is 1.85. The zero-order valence-corrected chi connectivity index (χ0v) is 12.8. The number of ether oxygens (including phenoxy) is 2. The number of aryl methyl sites for hydroxylation is 2. The van der Waals surface area contributed by atoms with E-state index in [0.717, 1.165) is 18.3 Å². The molecule has 5 nitrogen and oxygen atoms in total.